The van der Waals surface area contributed by atoms with Crippen molar-refractivity contribution in [3.8, 4) is 0 Å². The van der Waals surface area contributed by atoms with Crippen LogP contribution in [-0.2, 0) is 0 Å². The van der Waals surface area contributed by atoms with E-state index in [1.54, 1.807) is 36.4 Å². The van der Waals surface area contributed by atoms with Crippen molar-refractivity contribution in [2.75, 3.05) is 12.4 Å². The molecule has 0 spiro atoms. The van der Waals surface area contributed by atoms with Crippen LogP contribution in [0, 0.1) is 23.2 Å². The zero-order chi connectivity index (χ0) is 22.5. The summed E-state index contributed by atoms with van der Waals surface area (Å²) in [5.41, 5.74) is 1.96. The van der Waals surface area contributed by atoms with Crippen LogP contribution in [0.15, 0.2) is 42.5 Å². The smallest absolute Gasteiger partial charge is 0.257 e. The molecule has 0 unspecified atom stereocenters. The Balaban J connectivity index is 1.42. The van der Waals surface area contributed by atoms with Gasteiger partial charge in [-0.1, -0.05) is 44.0 Å². The van der Waals surface area contributed by atoms with Gasteiger partial charge in [-0.2, -0.15) is 0 Å². The standard InChI is InChI=1S/C25H28Cl2N2O2/c1-14-20-11-16(25(20,2)3)12-22(14)29(4)24(31)15-5-8-18(9-6-15)28-23(30)19-10-7-17(26)13-21(19)27/h5-10,13-14,16,20,22H,11-12H2,1-4H3,(H,28,30)/t14-,16+,20-,22-/m1/s1. The summed E-state index contributed by atoms with van der Waals surface area (Å²) in [6.45, 7) is 7.02. The van der Waals surface area contributed by atoms with Gasteiger partial charge in [-0.25, -0.2) is 0 Å². The van der Waals surface area contributed by atoms with Crippen LogP contribution in [-0.4, -0.2) is 29.8 Å². The van der Waals surface area contributed by atoms with Crippen molar-refractivity contribution >= 4 is 40.7 Å². The van der Waals surface area contributed by atoms with E-state index in [9.17, 15) is 9.59 Å². The van der Waals surface area contributed by atoms with Gasteiger partial charge < -0.3 is 10.2 Å². The summed E-state index contributed by atoms with van der Waals surface area (Å²) in [6, 6.07) is 12.0. The Morgan fingerprint density at radius 1 is 1.06 bits per heavy atom. The van der Waals surface area contributed by atoms with Crippen molar-refractivity contribution in [2.45, 2.75) is 39.7 Å². The number of halogens is 2. The summed E-state index contributed by atoms with van der Waals surface area (Å²) < 4.78 is 0. The normalized spacial score (nSPS) is 26.0. The van der Waals surface area contributed by atoms with Crippen molar-refractivity contribution in [1.82, 2.24) is 4.90 Å². The van der Waals surface area contributed by atoms with Gasteiger partial charge in [0.25, 0.3) is 11.8 Å². The second-order valence-corrected chi connectivity index (χ2v) is 10.4. The van der Waals surface area contributed by atoms with Gasteiger partial charge in [-0.15, -0.1) is 0 Å². The van der Waals surface area contributed by atoms with E-state index in [1.807, 2.05) is 11.9 Å². The van der Waals surface area contributed by atoms with Crippen molar-refractivity contribution in [1.29, 1.82) is 0 Å². The average Bonchev–Trinajstić information content (AvgIpc) is 2.72. The number of benzene rings is 2. The third-order valence-electron chi connectivity index (χ3n) is 7.70. The first kappa shape index (κ1) is 22.2. The Hall–Kier alpha value is -2.04. The van der Waals surface area contributed by atoms with Crippen molar-refractivity contribution in [2.24, 2.45) is 23.2 Å². The lowest BCUT2D eigenvalue weighted by atomic mass is 9.44. The Kier molecular flexibility index (Phi) is 5.82. The van der Waals surface area contributed by atoms with Gasteiger partial charge in [0.2, 0.25) is 0 Å². The maximum atomic E-state index is 13.1. The lowest BCUT2D eigenvalue weighted by Crippen LogP contribution is -2.60. The summed E-state index contributed by atoms with van der Waals surface area (Å²) in [7, 11) is 1.92. The molecule has 0 aromatic heterocycles. The Morgan fingerprint density at radius 2 is 1.74 bits per heavy atom. The number of hydrogen-bond donors (Lipinski definition) is 1. The molecule has 2 amide bonds. The molecular formula is C25H28Cl2N2O2. The highest BCUT2D eigenvalue weighted by Gasteiger charge is 2.57. The minimum Gasteiger partial charge on any atom is -0.338 e. The molecule has 164 valence electrons. The molecule has 31 heavy (non-hydrogen) atoms. The van der Waals surface area contributed by atoms with Gasteiger partial charge in [0.15, 0.2) is 0 Å². The van der Waals surface area contributed by atoms with E-state index in [2.05, 4.69) is 26.1 Å². The fraction of sp³-hybridized carbons (Fsp3) is 0.440. The van der Waals surface area contributed by atoms with Crippen molar-refractivity contribution in [3.05, 3.63) is 63.6 Å². The van der Waals surface area contributed by atoms with Gasteiger partial charge in [0, 0.05) is 29.4 Å². The van der Waals surface area contributed by atoms with E-state index in [1.165, 1.54) is 12.5 Å². The molecule has 6 heteroatoms. The van der Waals surface area contributed by atoms with E-state index in [0.717, 1.165) is 6.42 Å². The largest absolute Gasteiger partial charge is 0.338 e. The van der Waals surface area contributed by atoms with Gasteiger partial charge in [-0.3, -0.25) is 9.59 Å². The van der Waals surface area contributed by atoms with Crippen LogP contribution in [0.2, 0.25) is 10.0 Å². The first-order chi connectivity index (χ1) is 14.6. The van der Waals surface area contributed by atoms with Crippen LogP contribution in [0.25, 0.3) is 0 Å². The molecule has 4 nitrogen and oxygen atoms in total. The van der Waals surface area contributed by atoms with Crippen LogP contribution in [0.5, 0.6) is 0 Å². The minimum atomic E-state index is -0.323. The first-order valence-electron chi connectivity index (χ1n) is 10.7. The third kappa shape index (κ3) is 3.96. The number of rotatable bonds is 4. The zero-order valence-corrected chi connectivity index (χ0v) is 19.8. The van der Waals surface area contributed by atoms with E-state index >= 15 is 0 Å². The van der Waals surface area contributed by atoms with Crippen LogP contribution in [0.4, 0.5) is 5.69 Å². The van der Waals surface area contributed by atoms with E-state index in [4.69, 9.17) is 23.2 Å². The molecule has 3 saturated carbocycles. The average molecular weight is 459 g/mol. The molecule has 2 bridgehead atoms. The lowest BCUT2D eigenvalue weighted by Gasteiger charge is -2.63. The van der Waals surface area contributed by atoms with Gasteiger partial charge in [-0.05, 0) is 78.5 Å². The summed E-state index contributed by atoms with van der Waals surface area (Å²) >= 11 is 12.0. The predicted molar refractivity (Wildman–Crippen MR) is 126 cm³/mol. The second-order valence-electron chi connectivity index (χ2n) is 9.59. The topological polar surface area (TPSA) is 49.4 Å². The number of nitrogens with one attached hydrogen (secondary N) is 1. The summed E-state index contributed by atoms with van der Waals surface area (Å²) in [5.74, 6) is 1.58. The number of fused-ring (bicyclic) bond motifs is 2. The second kappa shape index (κ2) is 8.14. The Bertz CT molecular complexity index is 1020. The maximum Gasteiger partial charge on any atom is 0.257 e. The van der Waals surface area contributed by atoms with Crippen LogP contribution in [0.3, 0.4) is 0 Å². The molecule has 3 aliphatic carbocycles. The number of anilines is 1. The molecule has 2 aromatic rings. The van der Waals surface area contributed by atoms with Gasteiger partial charge >= 0.3 is 0 Å². The minimum absolute atomic E-state index is 0.0228. The lowest BCUT2D eigenvalue weighted by molar-refractivity contribution is -0.129. The summed E-state index contributed by atoms with van der Waals surface area (Å²) in [5, 5.41) is 3.58. The van der Waals surface area contributed by atoms with E-state index < -0.39 is 0 Å². The molecule has 0 heterocycles. The highest BCUT2D eigenvalue weighted by Crippen LogP contribution is 2.61. The molecular weight excluding hydrogens is 431 g/mol. The SMILES string of the molecule is C[C@H]1[C@H](N(C)C(=O)c2ccc(NC(=O)c3ccc(Cl)cc3Cl)cc2)C[C@@H]2C[C@H]1C2(C)C. The fourth-order valence-corrected chi connectivity index (χ4v) is 6.05. The van der Waals surface area contributed by atoms with Gasteiger partial charge in [0.05, 0.1) is 10.6 Å². The monoisotopic (exact) mass is 458 g/mol. The molecule has 5 rings (SSSR count). The highest BCUT2D eigenvalue weighted by atomic mass is 35.5. The molecule has 2 aromatic carbocycles. The number of carbonyl (C=O) groups is 2. The highest BCUT2D eigenvalue weighted by molar-refractivity contribution is 6.37. The predicted octanol–water partition coefficient (Wildman–Crippen LogP) is 6.39. The molecule has 0 aliphatic heterocycles. The van der Waals surface area contributed by atoms with Crippen molar-refractivity contribution < 1.29 is 9.59 Å². The molecule has 0 saturated heterocycles. The summed E-state index contributed by atoms with van der Waals surface area (Å²) in [4.78, 5) is 27.5. The fourth-order valence-electron chi connectivity index (χ4n) is 5.56. The number of hydrogen-bond acceptors (Lipinski definition) is 2. The van der Waals surface area contributed by atoms with Crippen molar-refractivity contribution in [3.63, 3.8) is 0 Å². The van der Waals surface area contributed by atoms with Gasteiger partial charge in [0.1, 0.15) is 0 Å². The number of amides is 2. The number of nitrogens with zero attached hydrogens (tertiary/aromatic N) is 1. The Labute approximate surface area is 193 Å². The van der Waals surface area contributed by atoms with Crippen LogP contribution in [0.1, 0.15) is 54.3 Å². The molecule has 1 N–H and O–H groups in total. The van der Waals surface area contributed by atoms with E-state index in [0.29, 0.717) is 50.0 Å². The molecule has 3 fully saturated rings. The molecule has 3 aliphatic rings. The maximum absolute atomic E-state index is 13.1. The zero-order valence-electron chi connectivity index (χ0n) is 18.3. The van der Waals surface area contributed by atoms with Crippen LogP contribution < -0.4 is 5.32 Å². The quantitative estimate of drug-likeness (QED) is 0.576. The van der Waals surface area contributed by atoms with Crippen LogP contribution >= 0.6 is 23.2 Å². The first-order valence-corrected chi connectivity index (χ1v) is 11.5. The molecule has 0 radical (unpaired) electrons. The van der Waals surface area contributed by atoms with E-state index in [-0.39, 0.29) is 17.9 Å². The number of carbonyl (C=O) groups excluding carboxylic acids is 2. The molecule has 4 atom stereocenters. The third-order valence-corrected chi connectivity index (χ3v) is 8.25. The Morgan fingerprint density at radius 3 is 2.32 bits per heavy atom. The summed E-state index contributed by atoms with van der Waals surface area (Å²) in [6.07, 6.45) is 2.36.